The number of aliphatic hydroxyl groups excluding tert-OH is 9. The fourth-order valence-electron chi connectivity index (χ4n) is 15.2. The molecule has 10 N–H and O–H groups in total. The standard InChI is InChI=1S/C51H80O20/c1-45(2,3)71-44(64)51-17-16-46(4,5)18-24(51)23-10-11-28-47(6)14-13-30(48(7,22-53)27(47)12-15-49(28,8)50(23,9)19-29(51)55)67-43-39(70-42-35(60)33(58)32(57)26(20-52)66-42)37(36(61)38(69-43)40(62)63)68-41-34(59)31(56)25(54)21-65-41/h10,22,24-39,41-43,52,54-61H,11-21H2,1-9H3,(H,62,63)/t24?,25-,26?,27?,28?,29-,30+,31+,32+,33?,34?,35+,36+,37+,38?,39?,41+,42+,43-,47?,48-,49-,50-,51-/m1/s1. The number of aliphatic hydroxyl groups is 9. The molecule has 7 fully saturated rings. The molecule has 24 atom stereocenters. The highest BCUT2D eigenvalue weighted by atomic mass is 16.8. The van der Waals surface area contributed by atoms with Crippen LogP contribution >= 0.6 is 0 Å². The lowest BCUT2D eigenvalue weighted by molar-refractivity contribution is -0.391. The Morgan fingerprint density at radius 1 is 0.746 bits per heavy atom. The molecule has 20 nitrogen and oxygen atoms in total. The van der Waals surface area contributed by atoms with E-state index < -0.39 is 150 Å². The maximum absolute atomic E-state index is 14.4. The Bertz CT molecular complexity index is 2030. The highest BCUT2D eigenvalue weighted by Crippen LogP contribution is 2.76. The van der Waals surface area contributed by atoms with Gasteiger partial charge in [-0.05, 0) is 118 Å². The van der Waals surface area contributed by atoms with E-state index in [4.69, 9.17) is 33.2 Å². The van der Waals surface area contributed by atoms with Gasteiger partial charge in [-0.3, -0.25) is 4.79 Å². The first kappa shape index (κ1) is 55.0. The maximum Gasteiger partial charge on any atom is 0.335 e. The Labute approximate surface area is 414 Å². The number of carbonyl (C=O) groups excluding carboxylic acids is 2. The third-order valence-electron chi connectivity index (χ3n) is 19.3. The van der Waals surface area contributed by atoms with E-state index in [0.717, 1.165) is 12.7 Å². The lowest BCUT2D eigenvalue weighted by Crippen LogP contribution is -2.69. The van der Waals surface area contributed by atoms with Crippen molar-refractivity contribution >= 4 is 18.2 Å². The molecule has 9 unspecified atom stereocenters. The second-order valence-corrected chi connectivity index (χ2v) is 25.0. The van der Waals surface area contributed by atoms with Gasteiger partial charge in [-0.2, -0.15) is 0 Å². The molecule has 3 heterocycles. The van der Waals surface area contributed by atoms with Crippen LogP contribution in [0.25, 0.3) is 0 Å². The quantitative estimate of drug-likeness (QED) is 0.0628. The van der Waals surface area contributed by atoms with E-state index >= 15 is 0 Å². The van der Waals surface area contributed by atoms with Crippen LogP contribution in [-0.4, -0.2) is 186 Å². The smallest absolute Gasteiger partial charge is 0.335 e. The number of fused-ring (bicyclic) bond motifs is 7. The molecule has 8 rings (SSSR count). The zero-order valence-corrected chi connectivity index (χ0v) is 42.5. The number of carboxylic acid groups (broad SMARTS) is 1. The summed E-state index contributed by atoms with van der Waals surface area (Å²) in [6.07, 6.45) is -19.8. The van der Waals surface area contributed by atoms with Crippen molar-refractivity contribution in [1.82, 2.24) is 0 Å². The van der Waals surface area contributed by atoms with Gasteiger partial charge in [0.25, 0.3) is 0 Å². The molecular formula is C51H80O20. The zero-order valence-electron chi connectivity index (χ0n) is 42.5. The molecule has 404 valence electrons. The number of allylic oxidation sites excluding steroid dienone is 2. The summed E-state index contributed by atoms with van der Waals surface area (Å²) in [6.45, 7) is 17.2. The van der Waals surface area contributed by atoms with Gasteiger partial charge in [0.2, 0.25) is 0 Å². The molecule has 3 saturated heterocycles. The molecule has 0 amide bonds. The minimum absolute atomic E-state index is 0.00569. The summed E-state index contributed by atoms with van der Waals surface area (Å²) in [4.78, 5) is 41.2. The number of hydrogen-bond donors (Lipinski definition) is 10. The average Bonchev–Trinajstić information content (AvgIpc) is 3.28. The normalized spacial score (nSPS) is 51.9. The van der Waals surface area contributed by atoms with Gasteiger partial charge in [0.1, 0.15) is 78.3 Å². The van der Waals surface area contributed by atoms with E-state index in [1.54, 1.807) is 6.92 Å². The number of aliphatic carboxylic acids is 1. The molecular weight excluding hydrogens is 933 g/mol. The third-order valence-corrected chi connectivity index (χ3v) is 19.3. The Balaban J connectivity index is 1.13. The monoisotopic (exact) mass is 1010 g/mol. The van der Waals surface area contributed by atoms with Crippen molar-refractivity contribution in [3.05, 3.63) is 11.6 Å². The fourth-order valence-corrected chi connectivity index (χ4v) is 15.2. The Morgan fingerprint density at radius 3 is 2.04 bits per heavy atom. The molecule has 71 heavy (non-hydrogen) atoms. The van der Waals surface area contributed by atoms with Crippen LogP contribution in [0, 0.1) is 50.2 Å². The first-order chi connectivity index (χ1) is 32.9. The van der Waals surface area contributed by atoms with Crippen LogP contribution in [0.3, 0.4) is 0 Å². The average molecular weight is 1010 g/mol. The molecule has 0 radical (unpaired) electrons. The lowest BCUT2D eigenvalue weighted by atomic mass is 9.33. The van der Waals surface area contributed by atoms with Crippen molar-refractivity contribution in [2.45, 2.75) is 224 Å². The molecule has 0 aromatic rings. The summed E-state index contributed by atoms with van der Waals surface area (Å²) >= 11 is 0. The van der Waals surface area contributed by atoms with Crippen LogP contribution in [0.2, 0.25) is 0 Å². The Kier molecular flexibility index (Phi) is 14.8. The first-order valence-corrected chi connectivity index (χ1v) is 25.5. The van der Waals surface area contributed by atoms with Gasteiger partial charge in [-0.15, -0.1) is 0 Å². The van der Waals surface area contributed by atoms with Crippen molar-refractivity contribution in [2.75, 3.05) is 13.2 Å². The SMILES string of the molecule is CC1(C)CC[C@@]2(C(=O)OC(C)(C)C)C(C1)C1=CCC3C4(C)CC[C@H](O[C@@H]5OC(C(=O)O)[C@@H](O)[C@H](O[C@@H]6OC[C@@H](O)[C@H](O)C6O)C5O[C@@H]5OC(CO)[C@H](O)C(O)[C@@H]5O)[C@](C)(C=O)C4CC[C@@]3(C)[C@]1(C)C[C@H]2O. The summed E-state index contributed by atoms with van der Waals surface area (Å²) in [5.41, 5.74) is -3.46. The largest absolute Gasteiger partial charge is 0.479 e. The highest BCUT2D eigenvalue weighted by molar-refractivity contribution is 5.80. The fraction of sp³-hybridized carbons (Fsp3) is 0.902. The van der Waals surface area contributed by atoms with Crippen molar-refractivity contribution < 1.29 is 98.6 Å². The van der Waals surface area contributed by atoms with Gasteiger partial charge in [0, 0.05) is 0 Å². The second-order valence-electron chi connectivity index (χ2n) is 25.0. The van der Waals surface area contributed by atoms with E-state index in [1.165, 1.54) is 5.57 Å². The van der Waals surface area contributed by atoms with E-state index in [9.17, 15) is 65.4 Å². The van der Waals surface area contributed by atoms with E-state index in [2.05, 4.69) is 40.7 Å². The number of carboxylic acids is 1. The van der Waals surface area contributed by atoms with Crippen LogP contribution in [0.1, 0.15) is 120 Å². The summed E-state index contributed by atoms with van der Waals surface area (Å²) in [5, 5.41) is 108. The predicted molar refractivity (Wildman–Crippen MR) is 245 cm³/mol. The number of esters is 1. The molecule has 0 bridgehead atoms. The molecule has 3 aliphatic heterocycles. The van der Waals surface area contributed by atoms with Gasteiger partial charge >= 0.3 is 11.9 Å². The number of ether oxygens (including phenoxy) is 7. The lowest BCUT2D eigenvalue weighted by Gasteiger charge is -2.71. The van der Waals surface area contributed by atoms with Gasteiger partial charge in [0.05, 0.1) is 30.8 Å². The second kappa shape index (κ2) is 19.1. The van der Waals surface area contributed by atoms with Crippen LogP contribution in [0.5, 0.6) is 0 Å². The Morgan fingerprint density at radius 2 is 1.41 bits per heavy atom. The number of carbonyl (C=O) groups is 3. The molecule has 0 aromatic carbocycles. The molecule has 0 aromatic heterocycles. The van der Waals surface area contributed by atoms with Crippen molar-refractivity contribution in [2.24, 2.45) is 50.2 Å². The first-order valence-electron chi connectivity index (χ1n) is 25.5. The highest BCUT2D eigenvalue weighted by Gasteiger charge is 2.72. The van der Waals surface area contributed by atoms with Crippen LogP contribution in [0.15, 0.2) is 11.6 Å². The van der Waals surface area contributed by atoms with Crippen molar-refractivity contribution in [3.8, 4) is 0 Å². The molecule has 20 heteroatoms. The van der Waals surface area contributed by atoms with Gasteiger partial charge in [-0.25, -0.2) is 4.79 Å². The van der Waals surface area contributed by atoms with Crippen molar-refractivity contribution in [3.63, 3.8) is 0 Å². The van der Waals surface area contributed by atoms with E-state index in [0.29, 0.717) is 44.9 Å². The summed E-state index contributed by atoms with van der Waals surface area (Å²) < 4.78 is 42.2. The van der Waals surface area contributed by atoms with Crippen LogP contribution < -0.4 is 0 Å². The minimum Gasteiger partial charge on any atom is -0.479 e. The zero-order chi connectivity index (χ0) is 52.3. The van der Waals surface area contributed by atoms with Gasteiger partial charge < -0.3 is 89.0 Å². The third kappa shape index (κ3) is 8.87. The van der Waals surface area contributed by atoms with Crippen molar-refractivity contribution in [1.29, 1.82) is 0 Å². The topological polar surface area (TPSA) is 318 Å². The Hall–Kier alpha value is -2.25. The van der Waals surface area contributed by atoms with E-state index in [1.807, 2.05) is 20.8 Å². The number of aldehydes is 1. The number of hydrogen-bond acceptors (Lipinski definition) is 19. The van der Waals surface area contributed by atoms with Gasteiger partial charge in [0.15, 0.2) is 25.0 Å². The minimum atomic E-state index is -2.14. The molecule has 0 spiro atoms. The molecule has 4 saturated carbocycles. The molecule has 5 aliphatic carbocycles. The summed E-state index contributed by atoms with van der Waals surface area (Å²) in [6, 6.07) is 0. The van der Waals surface area contributed by atoms with E-state index in [-0.39, 0.29) is 35.6 Å². The maximum atomic E-state index is 14.4. The van der Waals surface area contributed by atoms with Gasteiger partial charge in [-0.1, -0.05) is 53.2 Å². The predicted octanol–water partition coefficient (Wildman–Crippen LogP) is 0.845. The summed E-state index contributed by atoms with van der Waals surface area (Å²) in [7, 11) is 0. The molecule has 8 aliphatic rings. The summed E-state index contributed by atoms with van der Waals surface area (Å²) in [5.74, 6) is -2.60. The number of rotatable bonds is 10. The van der Waals surface area contributed by atoms with Crippen LogP contribution in [-0.2, 0) is 47.5 Å². The van der Waals surface area contributed by atoms with Crippen LogP contribution in [0.4, 0.5) is 0 Å².